The van der Waals surface area contributed by atoms with Gasteiger partial charge in [-0.3, -0.25) is 4.21 Å². The normalized spacial score (nSPS) is 25.7. The van der Waals surface area contributed by atoms with Crippen LogP contribution in [-0.2, 0) is 17.0 Å². The number of hydrogen-bond donors (Lipinski definition) is 1. The second-order valence-corrected chi connectivity index (χ2v) is 5.91. The fraction of sp³-hybridized carbons (Fsp3) is 0.500. The Morgan fingerprint density at radius 1 is 1.22 bits per heavy atom. The first-order chi connectivity index (χ1) is 8.47. The lowest BCUT2D eigenvalue weighted by molar-refractivity contribution is -0.137. The Hall–Kier alpha value is -0.880. The van der Waals surface area contributed by atoms with E-state index in [-0.39, 0.29) is 6.04 Å². The number of halogens is 3. The van der Waals surface area contributed by atoms with Crippen LogP contribution in [0.1, 0.15) is 23.6 Å². The molecule has 0 radical (unpaired) electrons. The monoisotopic (exact) mass is 277 g/mol. The van der Waals surface area contributed by atoms with Gasteiger partial charge in [-0.25, -0.2) is 0 Å². The van der Waals surface area contributed by atoms with E-state index in [2.05, 4.69) is 5.32 Å². The molecule has 1 saturated heterocycles. The molecule has 0 bridgehead atoms. The molecule has 0 saturated carbocycles. The Labute approximate surface area is 106 Å². The third-order valence-corrected chi connectivity index (χ3v) is 4.38. The third kappa shape index (κ3) is 3.32. The van der Waals surface area contributed by atoms with Crippen molar-refractivity contribution in [3.05, 3.63) is 35.4 Å². The lowest BCUT2D eigenvalue weighted by Gasteiger charge is -2.16. The van der Waals surface area contributed by atoms with Gasteiger partial charge in [0, 0.05) is 28.3 Å². The van der Waals surface area contributed by atoms with Crippen LogP contribution in [0, 0.1) is 0 Å². The second-order valence-electron chi connectivity index (χ2n) is 4.29. The first kappa shape index (κ1) is 13.5. The van der Waals surface area contributed by atoms with Gasteiger partial charge < -0.3 is 5.32 Å². The summed E-state index contributed by atoms with van der Waals surface area (Å²) < 4.78 is 48.9. The predicted octanol–water partition coefficient (Wildman–Crippen LogP) is 2.49. The van der Waals surface area contributed by atoms with Crippen molar-refractivity contribution in [3.8, 4) is 0 Å². The lowest BCUT2D eigenvalue weighted by atomic mass is 10.1. The van der Waals surface area contributed by atoms with Gasteiger partial charge in [0.05, 0.1) is 5.56 Å². The summed E-state index contributed by atoms with van der Waals surface area (Å²) in [5, 5.41) is 3.21. The summed E-state index contributed by atoms with van der Waals surface area (Å²) >= 11 is 0. The molecule has 1 fully saturated rings. The average Bonchev–Trinajstić information content (AvgIpc) is 2.53. The molecule has 2 unspecified atom stereocenters. The minimum Gasteiger partial charge on any atom is -0.309 e. The van der Waals surface area contributed by atoms with E-state index < -0.39 is 22.5 Å². The van der Waals surface area contributed by atoms with E-state index in [9.17, 15) is 17.4 Å². The highest BCUT2D eigenvalue weighted by atomic mass is 32.2. The third-order valence-electron chi connectivity index (χ3n) is 2.93. The van der Waals surface area contributed by atoms with E-state index in [4.69, 9.17) is 0 Å². The van der Waals surface area contributed by atoms with Gasteiger partial charge in [0.25, 0.3) is 0 Å². The minimum absolute atomic E-state index is 0.115. The average molecular weight is 277 g/mol. The van der Waals surface area contributed by atoms with E-state index in [1.165, 1.54) is 12.1 Å². The van der Waals surface area contributed by atoms with E-state index in [0.29, 0.717) is 11.5 Å². The lowest BCUT2D eigenvalue weighted by Crippen LogP contribution is -2.24. The van der Waals surface area contributed by atoms with Crippen molar-refractivity contribution in [2.24, 2.45) is 0 Å². The molecule has 0 spiro atoms. The Kier molecular flexibility index (Phi) is 4.07. The maximum Gasteiger partial charge on any atom is 0.416 e. The summed E-state index contributed by atoms with van der Waals surface area (Å²) in [6, 6.07) is 4.96. The van der Waals surface area contributed by atoms with Crippen LogP contribution in [0.15, 0.2) is 24.3 Å². The molecule has 2 rings (SSSR count). The molecule has 2 atom stereocenters. The molecule has 0 amide bonds. The summed E-state index contributed by atoms with van der Waals surface area (Å²) in [5.74, 6) is 1.12. The van der Waals surface area contributed by atoms with Crippen LogP contribution < -0.4 is 5.32 Å². The number of rotatable bonds is 1. The highest BCUT2D eigenvalue weighted by molar-refractivity contribution is 7.85. The van der Waals surface area contributed by atoms with Crippen LogP contribution in [0.3, 0.4) is 0 Å². The Bertz CT molecular complexity index is 430. The molecular formula is C12H14F3NOS. The SMILES string of the molecule is O=S1CCCNC(c2ccc(C(F)(F)F)cc2)C1. The Morgan fingerprint density at radius 2 is 1.89 bits per heavy atom. The molecule has 6 heteroatoms. The molecule has 0 aliphatic carbocycles. The molecule has 1 aliphatic heterocycles. The molecule has 2 nitrogen and oxygen atoms in total. The van der Waals surface area contributed by atoms with Crippen LogP contribution in [-0.4, -0.2) is 22.3 Å². The van der Waals surface area contributed by atoms with Gasteiger partial charge in [0.15, 0.2) is 0 Å². The molecule has 1 aromatic carbocycles. The zero-order valence-corrected chi connectivity index (χ0v) is 10.5. The summed E-state index contributed by atoms with van der Waals surface area (Å²) in [6.07, 6.45) is -3.47. The zero-order chi connectivity index (χ0) is 13.2. The van der Waals surface area contributed by atoms with Gasteiger partial charge in [-0.05, 0) is 30.7 Å². The van der Waals surface area contributed by atoms with Gasteiger partial charge in [0.2, 0.25) is 0 Å². The molecule has 1 heterocycles. The smallest absolute Gasteiger partial charge is 0.309 e. The highest BCUT2D eigenvalue weighted by Gasteiger charge is 2.30. The largest absolute Gasteiger partial charge is 0.416 e. The van der Waals surface area contributed by atoms with Crippen molar-refractivity contribution in [2.45, 2.75) is 18.6 Å². The maximum absolute atomic E-state index is 12.4. The molecule has 1 N–H and O–H groups in total. The quantitative estimate of drug-likeness (QED) is 0.854. The van der Waals surface area contributed by atoms with Crippen LogP contribution >= 0.6 is 0 Å². The van der Waals surface area contributed by atoms with Gasteiger partial charge in [-0.2, -0.15) is 13.2 Å². The Balaban J connectivity index is 2.16. The fourth-order valence-electron chi connectivity index (χ4n) is 1.96. The van der Waals surface area contributed by atoms with Gasteiger partial charge in [-0.15, -0.1) is 0 Å². The molecular weight excluding hydrogens is 263 g/mol. The second kappa shape index (κ2) is 5.40. The number of alkyl halides is 3. The van der Waals surface area contributed by atoms with E-state index in [1.54, 1.807) is 0 Å². The first-order valence-electron chi connectivity index (χ1n) is 5.72. The molecule has 1 aromatic rings. The van der Waals surface area contributed by atoms with Crippen molar-refractivity contribution in [1.29, 1.82) is 0 Å². The van der Waals surface area contributed by atoms with E-state index in [0.717, 1.165) is 30.7 Å². The molecule has 100 valence electrons. The van der Waals surface area contributed by atoms with Gasteiger partial charge >= 0.3 is 6.18 Å². The molecule has 1 aliphatic rings. The van der Waals surface area contributed by atoms with Crippen LogP contribution in [0.4, 0.5) is 13.2 Å². The zero-order valence-electron chi connectivity index (χ0n) is 9.67. The minimum atomic E-state index is -4.31. The van der Waals surface area contributed by atoms with Crippen molar-refractivity contribution in [2.75, 3.05) is 18.1 Å². The number of benzene rings is 1. The van der Waals surface area contributed by atoms with Gasteiger partial charge in [-0.1, -0.05) is 12.1 Å². The number of hydrogen-bond acceptors (Lipinski definition) is 2. The highest BCUT2D eigenvalue weighted by Crippen LogP contribution is 2.30. The Morgan fingerprint density at radius 3 is 2.50 bits per heavy atom. The van der Waals surface area contributed by atoms with Crippen molar-refractivity contribution < 1.29 is 17.4 Å². The van der Waals surface area contributed by atoms with Gasteiger partial charge in [0.1, 0.15) is 0 Å². The standard InChI is InChI=1S/C12H14F3NOS/c13-12(14,15)10-4-2-9(3-5-10)11-8-18(17)7-1-6-16-11/h2-5,11,16H,1,6-8H2. The predicted molar refractivity (Wildman–Crippen MR) is 64.7 cm³/mol. The summed E-state index contributed by atoms with van der Waals surface area (Å²) in [4.78, 5) is 0. The number of nitrogens with one attached hydrogen (secondary N) is 1. The van der Waals surface area contributed by atoms with Crippen molar-refractivity contribution in [1.82, 2.24) is 5.32 Å². The topological polar surface area (TPSA) is 29.1 Å². The maximum atomic E-state index is 12.4. The van der Waals surface area contributed by atoms with E-state index >= 15 is 0 Å². The van der Waals surface area contributed by atoms with Crippen molar-refractivity contribution >= 4 is 10.8 Å². The summed E-state index contributed by atoms with van der Waals surface area (Å²) in [5.41, 5.74) is 0.110. The van der Waals surface area contributed by atoms with E-state index in [1.807, 2.05) is 0 Å². The fourth-order valence-corrected chi connectivity index (χ4v) is 3.27. The molecule has 18 heavy (non-hydrogen) atoms. The van der Waals surface area contributed by atoms with Crippen LogP contribution in [0.2, 0.25) is 0 Å². The first-order valence-corrected chi connectivity index (χ1v) is 7.21. The van der Waals surface area contributed by atoms with Crippen LogP contribution in [0.5, 0.6) is 0 Å². The van der Waals surface area contributed by atoms with Crippen molar-refractivity contribution in [3.63, 3.8) is 0 Å². The van der Waals surface area contributed by atoms with Crippen LogP contribution in [0.25, 0.3) is 0 Å². The summed E-state index contributed by atoms with van der Waals surface area (Å²) in [6.45, 7) is 0.747. The molecule has 0 aromatic heterocycles. The summed E-state index contributed by atoms with van der Waals surface area (Å²) in [7, 11) is -0.895.